The summed E-state index contributed by atoms with van der Waals surface area (Å²) in [5, 5.41) is 38.9. The average Bonchev–Trinajstić information content (AvgIpc) is 1.45. The molecule has 10 amide bonds. The molecule has 3 aliphatic heterocycles. The summed E-state index contributed by atoms with van der Waals surface area (Å²) in [6.45, 7) is 11.3. The number of aliphatic imine (C=N–C) groups is 1. The Morgan fingerprint density at radius 1 is 0.779 bits per heavy atom. The number of hydrogen-bond acceptors (Lipinski definition) is 19. The maximum Gasteiger partial charge on any atom is 0.326 e. The summed E-state index contributed by atoms with van der Waals surface area (Å²) in [6, 6.07) is 0.789. The molecule has 1 unspecified atom stereocenters. The maximum atomic E-state index is 14.9. The highest BCUT2D eigenvalue weighted by molar-refractivity contribution is 8.00. The molecule has 0 saturated carbocycles. The molecule has 15 N–H and O–H groups in total. The number of carbonyl (C=O) groups excluding carboxylic acids is 10. The van der Waals surface area contributed by atoms with E-state index in [0.717, 1.165) is 31.5 Å². The molecule has 33 heteroatoms. The lowest BCUT2D eigenvalue weighted by atomic mass is 9.96. The number of rotatable bonds is 43. The zero-order chi connectivity index (χ0) is 75.4. The second-order valence-electron chi connectivity index (χ2n) is 26.3. The number of unbranched alkanes of at least 4 members (excludes halogenated alkanes) is 2. The van der Waals surface area contributed by atoms with Gasteiger partial charge in [0.15, 0.2) is 17.5 Å². The van der Waals surface area contributed by atoms with E-state index >= 15 is 0 Å². The van der Waals surface area contributed by atoms with Crippen molar-refractivity contribution in [2.24, 2.45) is 22.4 Å². The third kappa shape index (κ3) is 24.0. The van der Waals surface area contributed by atoms with Gasteiger partial charge >= 0.3 is 5.97 Å². The molecule has 5 heterocycles. The first-order valence-electron chi connectivity index (χ1n) is 35.4. The van der Waals surface area contributed by atoms with Crippen molar-refractivity contribution >= 4 is 82.8 Å². The summed E-state index contributed by atoms with van der Waals surface area (Å²) in [5.41, 5.74) is 13.7. The fourth-order valence-corrected chi connectivity index (χ4v) is 14.0. The van der Waals surface area contributed by atoms with Crippen LogP contribution in [0.3, 0.4) is 0 Å². The molecule has 2 aromatic carbocycles. The Labute approximate surface area is 609 Å². The molecule has 566 valence electrons. The number of carboxylic acids is 1. The van der Waals surface area contributed by atoms with Crippen molar-refractivity contribution < 1.29 is 72.4 Å². The number of aliphatic carboxylic acids is 1. The minimum atomic E-state index is -1.41. The number of phenolic OH excluding ortho intramolecular Hbond substituents is 1. The van der Waals surface area contributed by atoms with E-state index in [4.69, 9.17) is 20.9 Å². The quantitative estimate of drug-likeness (QED) is 0.00980. The summed E-state index contributed by atoms with van der Waals surface area (Å²) in [5.74, 6) is -6.57. The van der Waals surface area contributed by atoms with E-state index in [1.165, 1.54) is 79.9 Å². The van der Waals surface area contributed by atoms with Crippen LogP contribution < -0.4 is 58.2 Å². The Kier molecular flexibility index (Phi) is 31.8. The SMILES string of the molecule is C=CCN1CCC[C@H]1CNC(=O)c1cc(CCCSC2CC(=O)N(CCCCCC(=O)N[C@@H](Cc3cnc[nH]3)C(=O)N[C@@H](C)C(=O)N[C@H](C(=O)N[C@@H](Cc3ccc(O)cc3)C(=O)N3CCC[C@H]3C(=O)N[C@@H](CCCN=C(N)N)C(=O)N[C@@H](Cc3cnc[nH]3)C(=O)O)[C@@H](C)CC)C2=O)cc(OC)c1OC. The number of imidazole rings is 2. The van der Waals surface area contributed by atoms with Crippen LogP contribution >= 0.6 is 11.8 Å². The summed E-state index contributed by atoms with van der Waals surface area (Å²) in [4.78, 5) is 174. The fourth-order valence-electron chi connectivity index (χ4n) is 12.8. The monoisotopic (exact) mass is 1460 g/mol. The number of amides is 10. The van der Waals surface area contributed by atoms with Gasteiger partial charge in [0.1, 0.15) is 48.0 Å². The standard InChI is InChI=1S/C71H101N17O15S/c1-7-26-86-27-13-17-48(86)39-77-63(93)50-31-45(33-56(102-5)61(50)103-6)16-15-30-104-57-36-59(91)88(69(57)99)28-11-9-10-20-58(90)81-52(34-46-37-74-40-78-46)65(95)80-43(4)62(92)85-60(42(3)8-2)67(97)83-53(32-44-21-23-49(89)24-22-44)68(98)87-29-14-19-55(87)66(96)82-51(18-12-25-76-71(72)73)64(94)84-54(70(100)101)35-47-38-75-41-79-47/h7,21-24,31,33,37-38,40-43,48,51-55,57,60,89H,1,8-20,25-30,32,34-36,39H2,2-6H3,(H,74,78)(H,75,79)(H,77,93)(H,80,95)(H,81,90)(H,82,96)(H,83,97)(H,84,94)(H,85,92)(H,100,101)(H4,72,73,76)/t42-,43-,48-,51-,52-,53-,54-,55-,57?,60-/m0/s1. The number of nitrogens with two attached hydrogens (primary N) is 2. The molecular formula is C71H101N17O15S. The fraction of sp³-hybridized carbons (Fsp3) is 0.549. The Bertz CT molecular complexity index is 3610. The second kappa shape index (κ2) is 40.7. The predicted octanol–water partition coefficient (Wildman–Crippen LogP) is 1.42. The molecule has 10 atom stereocenters. The number of aromatic amines is 2. The third-order valence-corrected chi connectivity index (χ3v) is 20.0. The topological polar surface area (TPSA) is 462 Å². The average molecular weight is 1460 g/mol. The lowest BCUT2D eigenvalue weighted by Gasteiger charge is -2.32. The number of aromatic hydroxyl groups is 1. The number of hydrogen-bond donors (Lipinski definition) is 13. The van der Waals surface area contributed by atoms with Crippen molar-refractivity contribution in [2.45, 2.75) is 184 Å². The Balaban J connectivity index is 0.906. The number of ether oxygens (including phenoxy) is 2. The predicted molar refractivity (Wildman–Crippen MR) is 386 cm³/mol. The van der Waals surface area contributed by atoms with Crippen LogP contribution in [-0.4, -0.2) is 229 Å². The summed E-state index contributed by atoms with van der Waals surface area (Å²) < 4.78 is 11.2. The van der Waals surface area contributed by atoms with Crippen LogP contribution in [0.4, 0.5) is 0 Å². The first kappa shape index (κ1) is 81.3. The van der Waals surface area contributed by atoms with Gasteiger partial charge in [-0.15, -0.1) is 18.3 Å². The van der Waals surface area contributed by atoms with Gasteiger partial charge in [0.25, 0.3) is 5.91 Å². The minimum Gasteiger partial charge on any atom is -0.508 e. The molecule has 2 aromatic heterocycles. The number of thioether (sulfide) groups is 1. The van der Waals surface area contributed by atoms with Crippen molar-refractivity contribution in [1.82, 2.24) is 71.9 Å². The van der Waals surface area contributed by atoms with E-state index < -0.39 is 101 Å². The number of benzene rings is 2. The molecule has 32 nitrogen and oxygen atoms in total. The first-order valence-corrected chi connectivity index (χ1v) is 36.4. The molecule has 104 heavy (non-hydrogen) atoms. The molecule has 3 saturated heterocycles. The van der Waals surface area contributed by atoms with Crippen molar-refractivity contribution in [1.29, 1.82) is 0 Å². The zero-order valence-corrected chi connectivity index (χ0v) is 60.6. The summed E-state index contributed by atoms with van der Waals surface area (Å²) >= 11 is 1.41. The van der Waals surface area contributed by atoms with Crippen LogP contribution in [0.25, 0.3) is 0 Å². The van der Waals surface area contributed by atoms with Crippen LogP contribution in [0.1, 0.15) is 137 Å². The number of likely N-dealkylation sites (tertiary alicyclic amines) is 3. The molecule has 7 rings (SSSR count). The third-order valence-electron chi connectivity index (χ3n) is 18.7. The van der Waals surface area contributed by atoms with E-state index in [-0.39, 0.29) is 106 Å². The molecule has 0 aliphatic carbocycles. The van der Waals surface area contributed by atoms with Gasteiger partial charge in [-0.1, -0.05) is 44.9 Å². The van der Waals surface area contributed by atoms with Crippen molar-refractivity contribution in [2.75, 3.05) is 59.2 Å². The molecule has 3 aliphatic rings. The number of aryl methyl sites for hydroxylation is 1. The van der Waals surface area contributed by atoms with E-state index in [2.05, 4.69) is 73.6 Å². The number of guanidine groups is 1. The Morgan fingerprint density at radius 3 is 2.12 bits per heavy atom. The number of carbonyl (C=O) groups is 11. The van der Waals surface area contributed by atoms with Crippen LogP contribution in [0.5, 0.6) is 17.2 Å². The minimum absolute atomic E-state index is 0.00886. The van der Waals surface area contributed by atoms with Gasteiger partial charge in [-0.3, -0.25) is 62.7 Å². The van der Waals surface area contributed by atoms with Crippen LogP contribution in [0, 0.1) is 5.92 Å². The van der Waals surface area contributed by atoms with Crippen LogP contribution in [-0.2, 0) is 73.6 Å². The molecule has 4 aromatic rings. The lowest BCUT2D eigenvalue weighted by molar-refractivity contribution is -0.143. The van der Waals surface area contributed by atoms with Gasteiger partial charge in [-0.25, -0.2) is 14.8 Å². The van der Waals surface area contributed by atoms with Crippen molar-refractivity contribution in [3.05, 3.63) is 102 Å². The number of methoxy groups -OCH3 is 2. The van der Waals surface area contributed by atoms with E-state index in [0.29, 0.717) is 91.3 Å². The largest absolute Gasteiger partial charge is 0.508 e. The first-order chi connectivity index (χ1) is 49.9. The van der Waals surface area contributed by atoms with Crippen LogP contribution in [0.2, 0.25) is 0 Å². The smallest absolute Gasteiger partial charge is 0.326 e. The normalized spacial score (nSPS) is 17.8. The molecular weight excluding hydrogens is 1360 g/mol. The number of carboxylic acid groups (broad SMARTS) is 1. The van der Waals surface area contributed by atoms with Crippen molar-refractivity contribution in [3.63, 3.8) is 0 Å². The maximum absolute atomic E-state index is 14.9. The van der Waals surface area contributed by atoms with Gasteiger partial charge in [0.05, 0.1) is 37.7 Å². The van der Waals surface area contributed by atoms with E-state index in [1.54, 1.807) is 32.0 Å². The van der Waals surface area contributed by atoms with Crippen LogP contribution in [0.15, 0.2) is 79.1 Å². The van der Waals surface area contributed by atoms with Crippen molar-refractivity contribution in [3.8, 4) is 17.2 Å². The van der Waals surface area contributed by atoms with Gasteiger partial charge in [0.2, 0.25) is 53.2 Å². The molecule has 0 bridgehead atoms. The summed E-state index contributed by atoms with van der Waals surface area (Å²) in [6.07, 6.45) is 12.8. The van der Waals surface area contributed by atoms with E-state index in [1.807, 2.05) is 12.1 Å². The zero-order valence-electron chi connectivity index (χ0n) is 59.7. The lowest BCUT2D eigenvalue weighted by Crippen LogP contribution is -2.61. The highest BCUT2D eigenvalue weighted by Gasteiger charge is 2.42. The molecule has 0 radical (unpaired) electrons. The van der Waals surface area contributed by atoms with Gasteiger partial charge in [-0.2, -0.15) is 0 Å². The number of nitrogens with one attached hydrogen (secondary N) is 9. The number of aromatic nitrogens is 4. The Hall–Kier alpha value is -10.1. The highest BCUT2D eigenvalue weighted by Crippen LogP contribution is 2.34. The molecule has 0 spiro atoms. The van der Waals surface area contributed by atoms with Gasteiger partial charge in [0, 0.05) is 94.7 Å². The second-order valence-corrected chi connectivity index (χ2v) is 27.7. The highest BCUT2D eigenvalue weighted by atomic mass is 32.2. The number of nitrogens with zero attached hydrogens (tertiary/aromatic N) is 6. The molecule has 3 fully saturated rings. The number of H-pyrrole nitrogens is 2. The number of imide groups is 1. The van der Waals surface area contributed by atoms with E-state index in [9.17, 15) is 63.0 Å². The number of phenols is 1. The summed E-state index contributed by atoms with van der Waals surface area (Å²) in [7, 11) is 3.01. The Morgan fingerprint density at radius 2 is 1.47 bits per heavy atom. The van der Waals surface area contributed by atoms with Gasteiger partial charge in [-0.05, 0) is 125 Å². The van der Waals surface area contributed by atoms with Gasteiger partial charge < -0.3 is 83.2 Å².